The lowest BCUT2D eigenvalue weighted by Crippen LogP contribution is -2.14. The second kappa shape index (κ2) is 8.69. The molecule has 2 N–H and O–H groups in total. The van der Waals surface area contributed by atoms with Crippen LogP contribution in [0.25, 0.3) is 0 Å². The molecule has 0 radical (unpaired) electrons. The van der Waals surface area contributed by atoms with Crippen LogP contribution in [0.1, 0.15) is 27.7 Å². The molecule has 0 aliphatic heterocycles. The molecular weight excluding hydrogens is 256 g/mol. The number of aliphatic hydroxyl groups is 2. The van der Waals surface area contributed by atoms with Crippen molar-refractivity contribution < 1.29 is 19.8 Å². The number of allylic oxidation sites excluding steroid dienone is 4. The molecule has 0 bridgehead atoms. The van der Waals surface area contributed by atoms with Gasteiger partial charge in [-0.3, -0.25) is 9.59 Å². The highest BCUT2D eigenvalue weighted by Gasteiger charge is 2.13. The summed E-state index contributed by atoms with van der Waals surface area (Å²) in [5.41, 5.74) is 1.38. The first kappa shape index (κ1) is 20.0. The topological polar surface area (TPSA) is 74.6 Å². The molecule has 0 aliphatic carbocycles. The zero-order valence-corrected chi connectivity index (χ0v) is 12.5. The first-order chi connectivity index (χ1) is 8.93. The maximum atomic E-state index is 10.8. The van der Waals surface area contributed by atoms with Crippen molar-refractivity contribution in [3.63, 3.8) is 0 Å². The molecule has 0 amide bonds. The fourth-order valence-corrected chi connectivity index (χ4v) is 0.792. The smallest absolute Gasteiger partial charge is 0.228 e. The molecule has 0 aromatic heterocycles. The van der Waals surface area contributed by atoms with Crippen molar-refractivity contribution in [2.24, 2.45) is 0 Å². The Morgan fingerprint density at radius 3 is 0.900 bits per heavy atom. The first-order valence-corrected chi connectivity index (χ1v) is 5.77. The minimum Gasteiger partial charge on any atom is -0.504 e. The highest BCUT2D eigenvalue weighted by Crippen LogP contribution is 2.12. The summed E-state index contributed by atoms with van der Waals surface area (Å²) in [4.78, 5) is 21.5. The third-order valence-electron chi connectivity index (χ3n) is 2.01. The SMILES string of the molecule is C=C(C)/C(O)=C(/O)C(=C)C.C=C(C)C(=O)C(=O)C(=C)C. The van der Waals surface area contributed by atoms with Gasteiger partial charge in [0.05, 0.1) is 0 Å². The highest BCUT2D eigenvalue weighted by molar-refractivity contribution is 6.48. The normalized spacial score (nSPS) is 10.4. The minimum atomic E-state index is -0.549. The molecule has 4 nitrogen and oxygen atoms in total. The van der Waals surface area contributed by atoms with Crippen LogP contribution in [-0.2, 0) is 9.59 Å². The Labute approximate surface area is 120 Å². The summed E-state index contributed by atoms with van der Waals surface area (Å²) in [5, 5.41) is 18.1. The fraction of sp³-hybridized carbons (Fsp3) is 0.250. The maximum absolute atomic E-state index is 10.8. The monoisotopic (exact) mass is 278 g/mol. The van der Waals surface area contributed by atoms with Crippen LogP contribution in [0.3, 0.4) is 0 Å². The van der Waals surface area contributed by atoms with Gasteiger partial charge in [0.1, 0.15) is 0 Å². The standard InChI is InChI=1S/C8H12O2.C8H10O2/c2*1-5(2)7(9)8(10)6(3)4/h9-10H,1,3H2,2,4H3;1,3H2,2,4H3/b8-7-;. The molecule has 20 heavy (non-hydrogen) atoms. The van der Waals surface area contributed by atoms with E-state index in [0.29, 0.717) is 11.1 Å². The van der Waals surface area contributed by atoms with E-state index in [1.54, 1.807) is 13.8 Å². The number of aliphatic hydroxyl groups excluding tert-OH is 2. The van der Waals surface area contributed by atoms with Crippen molar-refractivity contribution in [3.05, 3.63) is 60.1 Å². The van der Waals surface area contributed by atoms with Crippen molar-refractivity contribution in [2.75, 3.05) is 0 Å². The van der Waals surface area contributed by atoms with Crippen LogP contribution in [-0.4, -0.2) is 21.8 Å². The molecule has 110 valence electrons. The third-order valence-corrected chi connectivity index (χ3v) is 2.01. The van der Waals surface area contributed by atoms with Crippen LogP contribution in [0.2, 0.25) is 0 Å². The van der Waals surface area contributed by atoms with Gasteiger partial charge >= 0.3 is 0 Å². The summed E-state index contributed by atoms with van der Waals surface area (Å²) in [6, 6.07) is 0. The molecule has 0 saturated heterocycles. The summed E-state index contributed by atoms with van der Waals surface area (Å²) in [6.45, 7) is 19.8. The predicted octanol–water partition coefficient (Wildman–Crippen LogP) is 3.74. The summed E-state index contributed by atoms with van der Waals surface area (Å²) in [5.74, 6) is -1.47. The average Bonchev–Trinajstić information content (AvgIpc) is 2.35. The van der Waals surface area contributed by atoms with E-state index in [0.717, 1.165) is 0 Å². The fourth-order valence-electron chi connectivity index (χ4n) is 0.792. The Morgan fingerprint density at radius 1 is 0.600 bits per heavy atom. The van der Waals surface area contributed by atoms with Gasteiger partial charge in [-0.1, -0.05) is 26.3 Å². The van der Waals surface area contributed by atoms with Crippen LogP contribution in [0, 0.1) is 0 Å². The Hall–Kier alpha value is -2.36. The largest absolute Gasteiger partial charge is 0.504 e. The molecule has 0 heterocycles. The van der Waals surface area contributed by atoms with Gasteiger partial charge in [-0.05, 0) is 50.0 Å². The van der Waals surface area contributed by atoms with E-state index in [1.165, 1.54) is 13.8 Å². The summed E-state index contributed by atoms with van der Waals surface area (Å²) in [6.07, 6.45) is 0. The van der Waals surface area contributed by atoms with Crippen molar-refractivity contribution in [2.45, 2.75) is 27.7 Å². The lowest BCUT2D eigenvalue weighted by atomic mass is 10.1. The van der Waals surface area contributed by atoms with Crippen molar-refractivity contribution in [1.82, 2.24) is 0 Å². The number of Topliss-reactive ketones (excluding diaryl/α,β-unsaturated/α-hetero) is 2. The summed E-state index contributed by atoms with van der Waals surface area (Å²) < 4.78 is 0. The van der Waals surface area contributed by atoms with E-state index in [2.05, 4.69) is 26.3 Å². The van der Waals surface area contributed by atoms with Crippen molar-refractivity contribution in [1.29, 1.82) is 0 Å². The zero-order valence-electron chi connectivity index (χ0n) is 12.5. The minimum absolute atomic E-state index is 0.187. The number of ketones is 2. The van der Waals surface area contributed by atoms with Gasteiger partial charge < -0.3 is 10.2 Å². The average molecular weight is 278 g/mol. The summed E-state index contributed by atoms with van der Waals surface area (Å²) in [7, 11) is 0. The Kier molecular flexibility index (Phi) is 8.68. The lowest BCUT2D eigenvalue weighted by Gasteiger charge is -2.02. The number of carbonyl (C=O) groups excluding carboxylic acids is 2. The second-order valence-corrected chi connectivity index (χ2v) is 4.48. The van der Waals surface area contributed by atoms with Gasteiger partial charge in [0, 0.05) is 0 Å². The van der Waals surface area contributed by atoms with Gasteiger partial charge in [0.2, 0.25) is 11.6 Å². The zero-order chi connectivity index (χ0) is 16.6. The van der Waals surface area contributed by atoms with E-state index < -0.39 is 11.6 Å². The molecule has 0 saturated carbocycles. The molecule has 0 rings (SSSR count). The maximum Gasteiger partial charge on any atom is 0.228 e. The third kappa shape index (κ3) is 7.16. The van der Waals surface area contributed by atoms with Crippen LogP contribution < -0.4 is 0 Å². The van der Waals surface area contributed by atoms with E-state index in [1.807, 2.05) is 0 Å². The van der Waals surface area contributed by atoms with Gasteiger partial charge in [-0.2, -0.15) is 0 Å². The molecule has 0 atom stereocenters. The van der Waals surface area contributed by atoms with Crippen LogP contribution in [0.15, 0.2) is 60.1 Å². The van der Waals surface area contributed by atoms with Gasteiger partial charge in [0.15, 0.2) is 11.5 Å². The molecule has 0 aliphatic rings. The molecule has 0 unspecified atom stereocenters. The van der Waals surface area contributed by atoms with Crippen molar-refractivity contribution >= 4 is 11.6 Å². The predicted molar refractivity (Wildman–Crippen MR) is 81.6 cm³/mol. The van der Waals surface area contributed by atoms with E-state index >= 15 is 0 Å². The quantitative estimate of drug-likeness (QED) is 0.347. The van der Waals surface area contributed by atoms with E-state index in [9.17, 15) is 9.59 Å². The van der Waals surface area contributed by atoms with Crippen LogP contribution in [0.5, 0.6) is 0 Å². The molecule has 4 heteroatoms. The molecule has 0 aromatic carbocycles. The number of hydrogen-bond acceptors (Lipinski definition) is 4. The Morgan fingerprint density at radius 2 is 0.800 bits per heavy atom. The van der Waals surface area contributed by atoms with Gasteiger partial charge in [-0.15, -0.1) is 0 Å². The molecule has 0 spiro atoms. The van der Waals surface area contributed by atoms with Gasteiger partial charge in [-0.25, -0.2) is 0 Å². The lowest BCUT2D eigenvalue weighted by molar-refractivity contribution is -0.132. The van der Waals surface area contributed by atoms with Gasteiger partial charge in [0.25, 0.3) is 0 Å². The molecule has 0 aromatic rings. The molecular formula is C16H22O4. The number of rotatable bonds is 5. The summed E-state index contributed by atoms with van der Waals surface area (Å²) >= 11 is 0. The first-order valence-electron chi connectivity index (χ1n) is 5.77. The van der Waals surface area contributed by atoms with Crippen LogP contribution >= 0.6 is 0 Å². The van der Waals surface area contributed by atoms with Crippen molar-refractivity contribution in [3.8, 4) is 0 Å². The van der Waals surface area contributed by atoms with E-state index in [-0.39, 0.29) is 22.7 Å². The molecule has 0 fully saturated rings. The second-order valence-electron chi connectivity index (χ2n) is 4.48. The number of hydrogen-bond donors (Lipinski definition) is 2. The van der Waals surface area contributed by atoms with Crippen LogP contribution in [0.4, 0.5) is 0 Å². The Bertz CT molecular complexity index is 459. The number of carbonyl (C=O) groups is 2. The highest BCUT2D eigenvalue weighted by atomic mass is 16.3. The Balaban J connectivity index is 0. The van der Waals surface area contributed by atoms with E-state index in [4.69, 9.17) is 10.2 Å².